The molecule has 1 aromatic rings. The lowest BCUT2D eigenvalue weighted by molar-refractivity contribution is 1.44. The zero-order chi connectivity index (χ0) is 10.8. The van der Waals surface area contributed by atoms with Crippen molar-refractivity contribution in [1.29, 1.82) is 0 Å². The lowest BCUT2D eigenvalue weighted by Crippen LogP contribution is -2.16. The van der Waals surface area contributed by atoms with Gasteiger partial charge in [-0.3, -0.25) is 0 Å². The summed E-state index contributed by atoms with van der Waals surface area (Å²) in [4.78, 5) is 0. The molecule has 0 N–H and O–H groups in total. The fourth-order valence-corrected chi connectivity index (χ4v) is 1.76. The average molecular weight is 223 g/mol. The third-order valence-electron chi connectivity index (χ3n) is 1.76. The zero-order valence-corrected chi connectivity index (χ0v) is 10.9. The summed E-state index contributed by atoms with van der Waals surface area (Å²) in [6, 6.07) is 5.84. The highest BCUT2D eigenvalue weighted by Gasteiger charge is 2.07. The van der Waals surface area contributed by atoms with Gasteiger partial charge in [0.2, 0.25) is 0 Å². The van der Waals surface area contributed by atoms with Crippen molar-refractivity contribution in [2.75, 3.05) is 0 Å². The number of hydrogen-bond acceptors (Lipinski definition) is 0. The normalized spacial score (nSPS) is 10.6. The van der Waals surface area contributed by atoms with Crippen molar-refractivity contribution in [2.45, 2.75) is 26.6 Å². The van der Waals surface area contributed by atoms with E-state index in [1.54, 1.807) is 0 Å². The van der Waals surface area contributed by atoms with E-state index in [1.807, 2.05) is 25.1 Å². The molecule has 0 bridgehead atoms. The third-order valence-corrected chi connectivity index (χ3v) is 2.87. The number of benzene rings is 1. The van der Waals surface area contributed by atoms with Crippen LogP contribution < -0.4 is 0 Å². The molecule has 74 valence electrons. The van der Waals surface area contributed by atoms with Crippen molar-refractivity contribution in [3.05, 3.63) is 34.3 Å². The lowest BCUT2D eigenvalue weighted by Gasteiger charge is -2.04. The van der Waals surface area contributed by atoms with Crippen LogP contribution in [0.4, 0.5) is 0 Å². The minimum atomic E-state index is -1.27. The Morgan fingerprint density at radius 2 is 1.86 bits per heavy atom. The standard InChI is InChI=1S/C12H15ClSi/c1-10-9-12(13)6-5-11(10)7-8-14(2,3)4/h5-6,9H,1-4H3. The first-order valence-electron chi connectivity index (χ1n) is 4.68. The average Bonchev–Trinajstić information content (AvgIpc) is 2.00. The molecule has 0 heterocycles. The predicted molar refractivity (Wildman–Crippen MR) is 66.4 cm³/mol. The second-order valence-electron chi connectivity index (χ2n) is 4.46. The summed E-state index contributed by atoms with van der Waals surface area (Å²) in [5.74, 6) is 3.23. The van der Waals surface area contributed by atoms with E-state index in [2.05, 4.69) is 31.1 Å². The molecule has 0 saturated heterocycles. The number of aryl methyl sites for hydroxylation is 1. The monoisotopic (exact) mass is 222 g/mol. The maximum absolute atomic E-state index is 5.87. The van der Waals surface area contributed by atoms with E-state index in [9.17, 15) is 0 Å². The van der Waals surface area contributed by atoms with Crippen LogP contribution in [0.3, 0.4) is 0 Å². The minimum absolute atomic E-state index is 0.779. The van der Waals surface area contributed by atoms with Gasteiger partial charge in [-0.05, 0) is 30.7 Å². The highest BCUT2D eigenvalue weighted by atomic mass is 35.5. The molecule has 14 heavy (non-hydrogen) atoms. The molecular weight excluding hydrogens is 208 g/mol. The second kappa shape index (κ2) is 4.21. The van der Waals surface area contributed by atoms with Crippen molar-refractivity contribution in [3.63, 3.8) is 0 Å². The number of rotatable bonds is 0. The molecule has 0 fully saturated rings. The van der Waals surface area contributed by atoms with Crippen LogP contribution in [0.1, 0.15) is 11.1 Å². The summed E-state index contributed by atoms with van der Waals surface area (Å²) in [6.45, 7) is 8.77. The molecule has 0 aromatic heterocycles. The van der Waals surface area contributed by atoms with E-state index in [4.69, 9.17) is 11.6 Å². The number of hydrogen-bond donors (Lipinski definition) is 0. The quantitative estimate of drug-likeness (QED) is 0.462. The first kappa shape index (κ1) is 11.4. The SMILES string of the molecule is Cc1cc(Cl)ccc1C#C[Si](C)(C)C. The van der Waals surface area contributed by atoms with Gasteiger partial charge in [0.05, 0.1) is 0 Å². The molecule has 1 aromatic carbocycles. The van der Waals surface area contributed by atoms with Gasteiger partial charge >= 0.3 is 0 Å². The van der Waals surface area contributed by atoms with Gasteiger partial charge in [0.1, 0.15) is 8.07 Å². The van der Waals surface area contributed by atoms with Crippen LogP contribution in [-0.4, -0.2) is 8.07 Å². The maximum atomic E-state index is 5.87. The first-order chi connectivity index (χ1) is 6.38. The Balaban J connectivity index is 3.02. The topological polar surface area (TPSA) is 0 Å². The second-order valence-corrected chi connectivity index (χ2v) is 9.65. The molecule has 0 aliphatic carbocycles. The molecule has 0 amide bonds. The van der Waals surface area contributed by atoms with E-state index in [0.29, 0.717) is 0 Å². The van der Waals surface area contributed by atoms with Crippen LogP contribution in [0.25, 0.3) is 0 Å². The molecule has 2 heteroatoms. The first-order valence-corrected chi connectivity index (χ1v) is 8.55. The van der Waals surface area contributed by atoms with Crippen molar-refractivity contribution < 1.29 is 0 Å². The predicted octanol–water partition coefficient (Wildman–Crippen LogP) is 3.88. The van der Waals surface area contributed by atoms with E-state index < -0.39 is 8.07 Å². The van der Waals surface area contributed by atoms with Crippen molar-refractivity contribution in [3.8, 4) is 11.5 Å². The highest BCUT2D eigenvalue weighted by molar-refractivity contribution is 6.83. The van der Waals surface area contributed by atoms with Gasteiger partial charge in [0.15, 0.2) is 0 Å². The Labute approximate surface area is 92.3 Å². The summed E-state index contributed by atoms with van der Waals surface area (Å²) in [6.07, 6.45) is 0. The fraction of sp³-hybridized carbons (Fsp3) is 0.333. The van der Waals surface area contributed by atoms with Crippen LogP contribution >= 0.6 is 11.6 Å². The molecule has 0 atom stereocenters. The Morgan fingerprint density at radius 1 is 1.21 bits per heavy atom. The van der Waals surface area contributed by atoms with Crippen molar-refractivity contribution >= 4 is 19.7 Å². The van der Waals surface area contributed by atoms with Crippen LogP contribution in [0.2, 0.25) is 24.7 Å². The van der Waals surface area contributed by atoms with E-state index >= 15 is 0 Å². The highest BCUT2D eigenvalue weighted by Crippen LogP contribution is 2.14. The van der Waals surface area contributed by atoms with Gasteiger partial charge in [0.25, 0.3) is 0 Å². The summed E-state index contributed by atoms with van der Waals surface area (Å²) in [7, 11) is -1.27. The largest absolute Gasteiger partial charge is 0.129 e. The van der Waals surface area contributed by atoms with Crippen LogP contribution in [0.5, 0.6) is 0 Å². The van der Waals surface area contributed by atoms with Crippen LogP contribution in [-0.2, 0) is 0 Å². The minimum Gasteiger partial charge on any atom is -0.127 e. The lowest BCUT2D eigenvalue weighted by atomic mass is 10.1. The molecule has 0 aliphatic heterocycles. The Morgan fingerprint density at radius 3 is 2.36 bits per heavy atom. The van der Waals surface area contributed by atoms with E-state index in [0.717, 1.165) is 16.1 Å². The van der Waals surface area contributed by atoms with E-state index in [1.165, 1.54) is 0 Å². The zero-order valence-electron chi connectivity index (χ0n) is 9.11. The molecule has 0 aliphatic rings. The summed E-state index contributed by atoms with van der Waals surface area (Å²) in [5, 5.41) is 0.779. The maximum Gasteiger partial charge on any atom is 0.129 e. The van der Waals surface area contributed by atoms with E-state index in [-0.39, 0.29) is 0 Å². The molecule has 0 saturated carbocycles. The van der Waals surface area contributed by atoms with Crippen molar-refractivity contribution in [2.24, 2.45) is 0 Å². The molecule has 1 rings (SSSR count). The number of halogens is 1. The molecule has 0 nitrogen and oxygen atoms in total. The molecular formula is C12H15ClSi. The van der Waals surface area contributed by atoms with Gasteiger partial charge < -0.3 is 0 Å². The molecule has 0 unspecified atom stereocenters. The third kappa shape index (κ3) is 3.57. The molecule has 0 spiro atoms. The van der Waals surface area contributed by atoms with Crippen LogP contribution in [0.15, 0.2) is 18.2 Å². The summed E-state index contributed by atoms with van der Waals surface area (Å²) in [5.41, 5.74) is 5.59. The van der Waals surface area contributed by atoms with Gasteiger partial charge in [-0.15, -0.1) is 5.54 Å². The fourth-order valence-electron chi connectivity index (χ4n) is 1.02. The Bertz CT molecular complexity index is 391. The van der Waals surface area contributed by atoms with Gasteiger partial charge in [0, 0.05) is 10.6 Å². The van der Waals surface area contributed by atoms with Gasteiger partial charge in [-0.2, -0.15) is 0 Å². The van der Waals surface area contributed by atoms with Gasteiger partial charge in [-0.1, -0.05) is 37.2 Å². The Kier molecular flexibility index (Phi) is 3.42. The summed E-state index contributed by atoms with van der Waals surface area (Å²) >= 11 is 5.87. The van der Waals surface area contributed by atoms with Crippen molar-refractivity contribution in [1.82, 2.24) is 0 Å². The smallest absolute Gasteiger partial charge is 0.127 e. The van der Waals surface area contributed by atoms with Gasteiger partial charge in [-0.25, -0.2) is 0 Å². The summed E-state index contributed by atoms with van der Waals surface area (Å²) < 4.78 is 0. The molecule has 0 radical (unpaired) electrons. The Hall–Kier alpha value is -0.713. The van der Waals surface area contributed by atoms with Crippen LogP contribution in [0, 0.1) is 18.4 Å².